The van der Waals surface area contributed by atoms with E-state index >= 15 is 0 Å². The summed E-state index contributed by atoms with van der Waals surface area (Å²) in [7, 11) is 0. The van der Waals surface area contributed by atoms with E-state index in [2.05, 4.69) is 0 Å². The van der Waals surface area contributed by atoms with Crippen molar-refractivity contribution in [3.05, 3.63) is 0 Å². The number of hydrogen-bond donors (Lipinski definition) is 1. The number of alkyl halides is 6. The first-order valence-electron chi connectivity index (χ1n) is 8.61. The molecule has 1 saturated heterocycles. The third kappa shape index (κ3) is 1.97. The molecule has 12 heteroatoms. The highest BCUT2D eigenvalue weighted by molar-refractivity contribution is 5.89. The van der Waals surface area contributed by atoms with Gasteiger partial charge in [0, 0.05) is 13.3 Å². The molecular formula is C16H18F6N2O4. The summed E-state index contributed by atoms with van der Waals surface area (Å²) >= 11 is 0. The van der Waals surface area contributed by atoms with Crippen LogP contribution in [-0.2, 0) is 14.4 Å². The molecule has 0 aromatic carbocycles. The molecule has 158 valence electrons. The van der Waals surface area contributed by atoms with Crippen LogP contribution < -0.4 is 0 Å². The molecule has 1 N–H and O–H groups in total. The molecule has 2 atom stereocenters. The molecule has 28 heavy (non-hydrogen) atoms. The van der Waals surface area contributed by atoms with Crippen molar-refractivity contribution in [1.29, 1.82) is 0 Å². The van der Waals surface area contributed by atoms with Crippen molar-refractivity contribution in [3.63, 3.8) is 0 Å². The van der Waals surface area contributed by atoms with E-state index in [1.807, 2.05) is 0 Å². The van der Waals surface area contributed by atoms with E-state index in [9.17, 15) is 45.8 Å². The van der Waals surface area contributed by atoms with Crippen molar-refractivity contribution in [2.75, 3.05) is 0 Å². The smallest absolute Gasteiger partial charge is 0.362 e. The molecule has 2 saturated carbocycles. The Balaban J connectivity index is 2.45. The van der Waals surface area contributed by atoms with E-state index in [0.717, 1.165) is 6.92 Å². The number of piperazine rings is 1. The lowest BCUT2D eigenvalue weighted by atomic mass is 9.74. The lowest BCUT2D eigenvalue weighted by molar-refractivity contribution is -0.385. The Kier molecular flexibility index (Phi) is 4.02. The second-order valence-electron chi connectivity index (χ2n) is 7.55. The largest absolute Gasteiger partial charge is 0.439 e. The zero-order valence-corrected chi connectivity index (χ0v) is 14.9. The van der Waals surface area contributed by atoms with Gasteiger partial charge in [0.25, 0.3) is 5.72 Å². The highest BCUT2D eigenvalue weighted by Gasteiger charge is 2.93. The first-order valence-corrected chi connectivity index (χ1v) is 8.61. The van der Waals surface area contributed by atoms with Gasteiger partial charge in [-0.2, -0.15) is 26.3 Å². The predicted octanol–water partition coefficient (Wildman–Crippen LogP) is 1.90. The second-order valence-corrected chi connectivity index (χ2v) is 7.55. The Hall–Kier alpha value is -1.85. The van der Waals surface area contributed by atoms with E-state index in [1.165, 1.54) is 0 Å². The van der Waals surface area contributed by atoms with Gasteiger partial charge in [-0.15, -0.1) is 0 Å². The number of rotatable bonds is 2. The fourth-order valence-corrected chi connectivity index (χ4v) is 4.94. The van der Waals surface area contributed by atoms with Gasteiger partial charge in [-0.05, 0) is 25.7 Å². The monoisotopic (exact) mass is 416 g/mol. The zero-order chi connectivity index (χ0) is 21.6. The maximum Gasteiger partial charge on any atom is 0.439 e. The van der Waals surface area contributed by atoms with Crippen LogP contribution in [-0.4, -0.2) is 67.7 Å². The molecule has 3 aliphatic rings. The average molecular weight is 416 g/mol. The van der Waals surface area contributed by atoms with Crippen molar-refractivity contribution in [2.24, 2.45) is 0 Å². The number of aliphatic hydroxyl groups is 1. The van der Waals surface area contributed by atoms with Gasteiger partial charge in [-0.1, -0.05) is 6.92 Å². The summed E-state index contributed by atoms with van der Waals surface area (Å²) in [6.07, 6.45) is -14.7. The van der Waals surface area contributed by atoms with Gasteiger partial charge in [0.1, 0.15) is 5.54 Å². The standard InChI is InChI=1S/C16H18F6N2O4/c1-3-10(27)24-12(6-7-12)14(28,16(20,21)22)23(9(2)26)11(4-5-11)13(24,8-25)15(17,18)19/h8,28H,3-7H2,1-2H3/t13-,14-/m0/s1. The molecule has 0 radical (unpaired) electrons. The molecule has 0 aromatic rings. The van der Waals surface area contributed by atoms with E-state index in [-0.39, 0.29) is 9.80 Å². The number of aldehydes is 1. The molecule has 1 heterocycles. The highest BCUT2D eigenvalue weighted by Crippen LogP contribution is 2.72. The fraction of sp³-hybridized carbons (Fsp3) is 0.812. The van der Waals surface area contributed by atoms with Crippen LogP contribution in [0.25, 0.3) is 0 Å². The molecule has 0 aromatic heterocycles. The average Bonchev–Trinajstić information content (AvgIpc) is 3.44. The molecule has 3 rings (SSSR count). The number of carbonyl (C=O) groups excluding carboxylic acids is 3. The predicted molar refractivity (Wildman–Crippen MR) is 79.4 cm³/mol. The molecule has 0 bridgehead atoms. The summed E-state index contributed by atoms with van der Waals surface area (Å²) < 4.78 is 85.2. The number of carbonyl (C=O) groups is 3. The maximum atomic E-state index is 14.3. The number of nitrogens with zero attached hydrogens (tertiary/aromatic N) is 2. The number of hydrogen-bond acceptors (Lipinski definition) is 4. The molecule has 6 nitrogen and oxygen atoms in total. The Labute approximate surface area is 155 Å². The lowest BCUT2D eigenvalue weighted by Gasteiger charge is -2.64. The minimum absolute atomic E-state index is 0.104. The van der Waals surface area contributed by atoms with Gasteiger partial charge in [-0.25, -0.2) is 0 Å². The van der Waals surface area contributed by atoms with Crippen LogP contribution in [0.3, 0.4) is 0 Å². The van der Waals surface area contributed by atoms with E-state index in [0.29, 0.717) is 6.92 Å². The summed E-state index contributed by atoms with van der Waals surface area (Å²) in [5, 5.41) is 10.8. The Morgan fingerprint density at radius 1 is 0.964 bits per heavy atom. The molecule has 1 aliphatic heterocycles. The summed E-state index contributed by atoms with van der Waals surface area (Å²) in [4.78, 5) is 36.3. The lowest BCUT2D eigenvalue weighted by Crippen LogP contribution is -2.90. The number of halogens is 6. The fourth-order valence-electron chi connectivity index (χ4n) is 4.94. The van der Waals surface area contributed by atoms with Crippen molar-refractivity contribution in [3.8, 4) is 0 Å². The zero-order valence-electron chi connectivity index (χ0n) is 14.9. The highest BCUT2D eigenvalue weighted by atomic mass is 19.4. The molecule has 3 fully saturated rings. The minimum Gasteiger partial charge on any atom is -0.362 e. The van der Waals surface area contributed by atoms with Gasteiger partial charge in [0.15, 0.2) is 6.29 Å². The van der Waals surface area contributed by atoms with E-state index in [4.69, 9.17) is 0 Å². The van der Waals surface area contributed by atoms with Gasteiger partial charge >= 0.3 is 12.4 Å². The normalized spacial score (nSPS) is 33.2. The molecule has 2 aliphatic carbocycles. The van der Waals surface area contributed by atoms with Gasteiger partial charge < -0.3 is 14.8 Å². The Morgan fingerprint density at radius 3 is 1.68 bits per heavy atom. The van der Waals surface area contributed by atoms with E-state index < -0.39 is 84.9 Å². The van der Waals surface area contributed by atoms with Gasteiger partial charge in [-0.3, -0.25) is 14.5 Å². The van der Waals surface area contributed by atoms with Crippen molar-refractivity contribution < 1.29 is 45.8 Å². The molecule has 2 amide bonds. The van der Waals surface area contributed by atoms with Gasteiger partial charge in [0.05, 0.1) is 5.54 Å². The van der Waals surface area contributed by atoms with Crippen molar-refractivity contribution in [2.45, 2.75) is 80.6 Å². The minimum atomic E-state index is -5.56. The van der Waals surface area contributed by atoms with Crippen LogP contribution in [0.2, 0.25) is 0 Å². The van der Waals surface area contributed by atoms with Crippen LogP contribution in [0.1, 0.15) is 46.0 Å². The van der Waals surface area contributed by atoms with Crippen LogP contribution >= 0.6 is 0 Å². The quantitative estimate of drug-likeness (QED) is 0.551. The van der Waals surface area contributed by atoms with Crippen LogP contribution in [0.5, 0.6) is 0 Å². The van der Waals surface area contributed by atoms with Crippen molar-refractivity contribution in [1.82, 2.24) is 9.80 Å². The second kappa shape index (κ2) is 5.39. The SMILES string of the molecule is CCC(=O)N1C2(CC2)[C@](O)(C(F)(F)F)N(C(C)=O)C2(CC2)[C@@]1(C=O)C(F)(F)F. The topological polar surface area (TPSA) is 77.9 Å². The van der Waals surface area contributed by atoms with Crippen LogP contribution in [0.15, 0.2) is 0 Å². The molecule has 0 unspecified atom stereocenters. The van der Waals surface area contributed by atoms with Crippen molar-refractivity contribution >= 4 is 18.1 Å². The third-order valence-corrected chi connectivity index (χ3v) is 6.20. The summed E-state index contributed by atoms with van der Waals surface area (Å²) in [6.45, 7) is 1.75. The Morgan fingerprint density at radius 2 is 1.43 bits per heavy atom. The van der Waals surface area contributed by atoms with Gasteiger partial charge in [0.2, 0.25) is 17.4 Å². The number of amides is 2. The maximum absolute atomic E-state index is 14.3. The van der Waals surface area contributed by atoms with E-state index in [1.54, 1.807) is 0 Å². The molecule has 2 spiro atoms. The van der Waals surface area contributed by atoms with Crippen LogP contribution in [0.4, 0.5) is 26.3 Å². The summed E-state index contributed by atoms with van der Waals surface area (Å²) in [5.74, 6) is -2.80. The third-order valence-electron chi connectivity index (χ3n) is 6.20. The summed E-state index contributed by atoms with van der Waals surface area (Å²) in [6, 6.07) is 0. The first-order chi connectivity index (χ1) is 12.6. The molecular weight excluding hydrogens is 398 g/mol. The summed E-state index contributed by atoms with van der Waals surface area (Å²) in [5.41, 5.74) is -13.2. The van der Waals surface area contributed by atoms with Crippen LogP contribution in [0, 0.1) is 0 Å². The first kappa shape index (κ1) is 20.9. The Bertz CT molecular complexity index is 742.